The van der Waals surface area contributed by atoms with Gasteiger partial charge in [-0.3, -0.25) is 0 Å². The van der Waals surface area contributed by atoms with Gasteiger partial charge in [-0.25, -0.2) is 0 Å². The summed E-state index contributed by atoms with van der Waals surface area (Å²) in [6.07, 6.45) is 1.37. The van der Waals surface area contributed by atoms with Crippen molar-refractivity contribution in [3.63, 3.8) is 0 Å². The Morgan fingerprint density at radius 1 is 1.36 bits per heavy atom. The van der Waals surface area contributed by atoms with E-state index in [0.29, 0.717) is 5.69 Å². The molecular weight excluding hydrogens is 200 g/mol. The Morgan fingerprint density at radius 3 is 2.79 bits per heavy atom. The summed E-state index contributed by atoms with van der Waals surface area (Å²) < 4.78 is 26.7. The highest BCUT2D eigenvalue weighted by atomic mass is 32.2. The number of para-hydroxylation sites is 1. The topological polar surface area (TPSA) is 58.5 Å². The van der Waals surface area contributed by atoms with Crippen LogP contribution in [0, 0.1) is 0 Å². The van der Waals surface area contributed by atoms with E-state index >= 15 is 0 Å². The van der Waals surface area contributed by atoms with E-state index in [4.69, 9.17) is 0 Å². The van der Waals surface area contributed by atoms with Crippen LogP contribution in [0.1, 0.15) is 0 Å². The molecule has 1 aliphatic rings. The predicted octanol–water partition coefficient (Wildman–Crippen LogP) is 1.39. The average molecular weight is 208 g/mol. The molecule has 1 aliphatic heterocycles. The van der Waals surface area contributed by atoms with Gasteiger partial charge in [0.2, 0.25) is 0 Å². The number of nitrogens with one attached hydrogen (secondary N) is 1. The zero-order chi connectivity index (χ0) is 10.2. The SMILES string of the molecule is C=CC1=NS(=O)(=O)c2ccccc2N1. The lowest BCUT2D eigenvalue weighted by Gasteiger charge is -2.15. The molecule has 0 saturated carbocycles. The van der Waals surface area contributed by atoms with Crippen LogP contribution in [0.4, 0.5) is 5.69 Å². The Kier molecular flexibility index (Phi) is 1.89. The molecule has 0 fully saturated rings. The fourth-order valence-electron chi connectivity index (χ4n) is 1.22. The molecule has 14 heavy (non-hydrogen) atoms. The Bertz CT molecular complexity index is 517. The van der Waals surface area contributed by atoms with Crippen LogP contribution in [-0.4, -0.2) is 14.3 Å². The van der Waals surface area contributed by atoms with Crippen molar-refractivity contribution >= 4 is 21.5 Å². The van der Waals surface area contributed by atoms with Gasteiger partial charge >= 0.3 is 0 Å². The van der Waals surface area contributed by atoms with Gasteiger partial charge in [0.15, 0.2) is 0 Å². The van der Waals surface area contributed by atoms with Crippen molar-refractivity contribution in [1.82, 2.24) is 0 Å². The van der Waals surface area contributed by atoms with Crippen molar-refractivity contribution in [3.05, 3.63) is 36.9 Å². The van der Waals surface area contributed by atoms with Gasteiger partial charge in [0.05, 0.1) is 5.69 Å². The molecule has 0 spiro atoms. The van der Waals surface area contributed by atoms with E-state index in [1.54, 1.807) is 18.2 Å². The number of amidine groups is 1. The first-order chi connectivity index (χ1) is 6.63. The second-order valence-corrected chi connectivity index (χ2v) is 4.35. The third-order valence-electron chi connectivity index (χ3n) is 1.84. The molecule has 1 aromatic rings. The number of hydrogen-bond donors (Lipinski definition) is 1. The standard InChI is InChI=1S/C9H8N2O2S/c1-2-9-10-7-5-3-4-6-8(7)14(12,13)11-9/h2-6H,1H2,(H,10,11). The minimum absolute atomic E-state index is 0.200. The summed E-state index contributed by atoms with van der Waals surface area (Å²) in [5, 5.41) is 2.86. The summed E-state index contributed by atoms with van der Waals surface area (Å²) in [4.78, 5) is 0.200. The first kappa shape index (κ1) is 8.96. The Balaban J connectivity index is 2.69. The molecule has 1 N–H and O–H groups in total. The van der Waals surface area contributed by atoms with Gasteiger partial charge < -0.3 is 5.32 Å². The van der Waals surface area contributed by atoms with E-state index in [1.165, 1.54) is 12.1 Å². The maximum absolute atomic E-state index is 11.6. The molecule has 0 aromatic heterocycles. The van der Waals surface area contributed by atoms with Gasteiger partial charge in [0, 0.05) is 0 Å². The number of sulfonamides is 1. The molecule has 0 bridgehead atoms. The predicted molar refractivity (Wildman–Crippen MR) is 54.9 cm³/mol. The molecule has 1 heterocycles. The van der Waals surface area contributed by atoms with Crippen LogP contribution in [0.5, 0.6) is 0 Å². The number of benzene rings is 1. The molecule has 2 rings (SSSR count). The smallest absolute Gasteiger partial charge is 0.286 e. The van der Waals surface area contributed by atoms with Gasteiger partial charge in [-0.05, 0) is 18.2 Å². The minimum atomic E-state index is -3.55. The zero-order valence-electron chi connectivity index (χ0n) is 7.27. The van der Waals surface area contributed by atoms with E-state index in [-0.39, 0.29) is 10.7 Å². The number of nitrogens with zero attached hydrogens (tertiary/aromatic N) is 1. The Morgan fingerprint density at radius 2 is 2.07 bits per heavy atom. The first-order valence-electron chi connectivity index (χ1n) is 3.97. The summed E-state index contributed by atoms with van der Waals surface area (Å²) in [5.74, 6) is 0.253. The molecule has 0 radical (unpaired) electrons. The van der Waals surface area contributed by atoms with Gasteiger partial charge in [-0.1, -0.05) is 18.7 Å². The fourth-order valence-corrected chi connectivity index (χ4v) is 2.35. The van der Waals surface area contributed by atoms with Crippen LogP contribution >= 0.6 is 0 Å². The van der Waals surface area contributed by atoms with Crippen LogP contribution in [0.2, 0.25) is 0 Å². The second-order valence-electron chi connectivity index (χ2n) is 2.78. The van der Waals surface area contributed by atoms with Crippen molar-refractivity contribution < 1.29 is 8.42 Å². The van der Waals surface area contributed by atoms with Crippen molar-refractivity contribution in [2.75, 3.05) is 5.32 Å². The Labute approximate surface area is 82.0 Å². The molecule has 1 aromatic carbocycles. The number of hydrogen-bond acceptors (Lipinski definition) is 3. The van der Waals surface area contributed by atoms with Gasteiger partial charge in [-0.15, -0.1) is 4.40 Å². The van der Waals surface area contributed by atoms with E-state index < -0.39 is 10.0 Å². The molecule has 4 nitrogen and oxygen atoms in total. The first-order valence-corrected chi connectivity index (χ1v) is 5.41. The quantitative estimate of drug-likeness (QED) is 0.758. The summed E-state index contributed by atoms with van der Waals surface area (Å²) in [6.45, 7) is 3.47. The number of anilines is 1. The second kappa shape index (κ2) is 2.95. The van der Waals surface area contributed by atoms with Crippen molar-refractivity contribution in [1.29, 1.82) is 0 Å². The van der Waals surface area contributed by atoms with Gasteiger partial charge in [0.25, 0.3) is 10.0 Å². The minimum Gasteiger partial charge on any atom is -0.338 e. The maximum Gasteiger partial charge on any atom is 0.286 e. The normalized spacial score (nSPS) is 17.6. The molecule has 0 saturated heterocycles. The maximum atomic E-state index is 11.6. The van der Waals surface area contributed by atoms with Crippen molar-refractivity contribution in [3.8, 4) is 0 Å². The lowest BCUT2D eigenvalue weighted by atomic mass is 10.3. The average Bonchev–Trinajstić information content (AvgIpc) is 2.17. The van der Waals surface area contributed by atoms with Crippen molar-refractivity contribution in [2.45, 2.75) is 4.90 Å². The van der Waals surface area contributed by atoms with Gasteiger partial charge in [0.1, 0.15) is 10.7 Å². The van der Waals surface area contributed by atoms with Crippen LogP contribution in [0.15, 0.2) is 46.2 Å². The summed E-state index contributed by atoms with van der Waals surface area (Å²) >= 11 is 0. The van der Waals surface area contributed by atoms with Crippen LogP contribution < -0.4 is 5.32 Å². The highest BCUT2D eigenvalue weighted by Crippen LogP contribution is 2.26. The van der Waals surface area contributed by atoms with E-state index in [1.807, 2.05) is 0 Å². The molecule has 0 unspecified atom stereocenters. The Hall–Kier alpha value is -1.62. The number of rotatable bonds is 1. The molecular formula is C9H8N2O2S. The van der Waals surface area contributed by atoms with Crippen molar-refractivity contribution in [2.24, 2.45) is 4.40 Å². The van der Waals surface area contributed by atoms with E-state index in [9.17, 15) is 8.42 Å². The summed E-state index contributed by atoms with van der Waals surface area (Å²) in [5.41, 5.74) is 0.539. The highest BCUT2D eigenvalue weighted by molar-refractivity contribution is 7.90. The zero-order valence-corrected chi connectivity index (χ0v) is 8.08. The van der Waals surface area contributed by atoms with Gasteiger partial charge in [-0.2, -0.15) is 8.42 Å². The molecule has 0 atom stereocenters. The fraction of sp³-hybridized carbons (Fsp3) is 0. The highest BCUT2D eigenvalue weighted by Gasteiger charge is 2.22. The number of fused-ring (bicyclic) bond motifs is 1. The van der Waals surface area contributed by atoms with Crippen LogP contribution in [0.25, 0.3) is 0 Å². The largest absolute Gasteiger partial charge is 0.338 e. The monoisotopic (exact) mass is 208 g/mol. The summed E-state index contributed by atoms with van der Waals surface area (Å²) in [6, 6.07) is 6.62. The van der Waals surface area contributed by atoms with Crippen LogP contribution in [-0.2, 0) is 10.0 Å². The lowest BCUT2D eigenvalue weighted by Crippen LogP contribution is -2.19. The van der Waals surface area contributed by atoms with E-state index in [0.717, 1.165) is 0 Å². The molecule has 0 amide bonds. The third-order valence-corrected chi connectivity index (χ3v) is 3.19. The third kappa shape index (κ3) is 1.31. The lowest BCUT2D eigenvalue weighted by molar-refractivity contribution is 0.598. The van der Waals surface area contributed by atoms with Crippen LogP contribution in [0.3, 0.4) is 0 Å². The van der Waals surface area contributed by atoms with E-state index in [2.05, 4.69) is 16.3 Å². The molecule has 72 valence electrons. The molecule has 5 heteroatoms. The summed E-state index contributed by atoms with van der Waals surface area (Å²) in [7, 11) is -3.55. The molecule has 0 aliphatic carbocycles.